The zero-order chi connectivity index (χ0) is 32.4. The summed E-state index contributed by atoms with van der Waals surface area (Å²) in [4.78, 5) is 25.0. The first-order valence-electron chi connectivity index (χ1n) is 15.5. The Hall–Kier alpha value is -4.11. The van der Waals surface area contributed by atoms with Crippen molar-refractivity contribution in [3.8, 4) is 16.9 Å². The molecular formula is C35H46F2N6O. The second kappa shape index (κ2) is 16.1. The number of nitrogens with zero attached hydrogens (tertiary/aromatic N) is 4. The number of aryl methyl sites for hydroxylation is 1. The van der Waals surface area contributed by atoms with Gasteiger partial charge in [-0.15, -0.1) is 0 Å². The maximum atomic E-state index is 15.0. The Kier molecular flexibility index (Phi) is 12.6. The van der Waals surface area contributed by atoms with Gasteiger partial charge in [-0.3, -0.25) is 9.36 Å². The molecule has 0 unspecified atom stereocenters. The van der Waals surface area contributed by atoms with Crippen molar-refractivity contribution in [1.82, 2.24) is 24.8 Å². The highest BCUT2D eigenvalue weighted by Crippen LogP contribution is 2.32. The molecule has 0 aliphatic carbocycles. The maximum Gasteiger partial charge on any atom is 0.256 e. The molecule has 7 nitrogen and oxygen atoms in total. The quantitative estimate of drug-likeness (QED) is 0.155. The number of pyridine rings is 1. The van der Waals surface area contributed by atoms with Gasteiger partial charge in [-0.2, -0.15) is 4.98 Å². The van der Waals surface area contributed by atoms with Crippen molar-refractivity contribution in [3.63, 3.8) is 0 Å². The first kappa shape index (κ1) is 34.4. The molecule has 0 fully saturated rings. The molecule has 0 spiro atoms. The van der Waals surface area contributed by atoms with Crippen LogP contribution in [0.4, 0.5) is 14.7 Å². The van der Waals surface area contributed by atoms with Gasteiger partial charge < -0.3 is 15.5 Å². The van der Waals surface area contributed by atoms with Gasteiger partial charge in [-0.25, -0.2) is 13.8 Å². The third kappa shape index (κ3) is 8.08. The van der Waals surface area contributed by atoms with E-state index in [1.807, 2.05) is 39.0 Å². The minimum atomic E-state index is -0.857. The summed E-state index contributed by atoms with van der Waals surface area (Å²) in [5.41, 5.74) is 3.02. The normalized spacial score (nSPS) is 11.1. The Bertz CT molecular complexity index is 1610. The Balaban J connectivity index is 0.00000259. The molecule has 0 bridgehead atoms. The van der Waals surface area contributed by atoms with E-state index in [-0.39, 0.29) is 11.6 Å². The lowest BCUT2D eigenvalue weighted by molar-refractivity contribution is 0.303. The smallest absolute Gasteiger partial charge is 0.256 e. The zero-order valence-electron chi connectivity index (χ0n) is 27.1. The van der Waals surface area contributed by atoms with E-state index < -0.39 is 22.9 Å². The van der Waals surface area contributed by atoms with Crippen LogP contribution in [0.15, 0.2) is 59.9 Å². The largest absolute Gasteiger partial charge is 0.385 e. The first-order valence-corrected chi connectivity index (χ1v) is 15.5. The van der Waals surface area contributed by atoms with E-state index in [2.05, 4.69) is 54.8 Å². The number of halogens is 2. The summed E-state index contributed by atoms with van der Waals surface area (Å²) in [5.74, 6) is -0.994. The van der Waals surface area contributed by atoms with Crippen LogP contribution in [0.5, 0.6) is 0 Å². The third-order valence-corrected chi connectivity index (χ3v) is 7.30. The number of benzene rings is 2. The molecule has 44 heavy (non-hydrogen) atoms. The molecule has 4 rings (SSSR count). The van der Waals surface area contributed by atoms with Gasteiger partial charge in [0.1, 0.15) is 17.3 Å². The number of rotatable bonds is 13. The SMILES string of the molecule is C=C(NCC(C)C)c1ccc(C)c(-c2nc(NCCCN(CC)CC)nc3c2ccc(=O)n3-c2c(F)cccc2F)c1.CC. The molecule has 0 aliphatic heterocycles. The Labute approximate surface area is 260 Å². The van der Waals surface area contributed by atoms with Gasteiger partial charge in [-0.1, -0.05) is 66.3 Å². The van der Waals surface area contributed by atoms with Crippen LogP contribution in [-0.2, 0) is 0 Å². The predicted molar refractivity (Wildman–Crippen MR) is 179 cm³/mol. The lowest BCUT2D eigenvalue weighted by Gasteiger charge is -2.19. The summed E-state index contributed by atoms with van der Waals surface area (Å²) in [7, 11) is 0. The highest BCUT2D eigenvalue weighted by Gasteiger charge is 2.20. The molecule has 2 heterocycles. The molecule has 0 saturated heterocycles. The number of hydrogen-bond donors (Lipinski definition) is 2. The van der Waals surface area contributed by atoms with Gasteiger partial charge in [-0.05, 0) is 74.3 Å². The predicted octanol–water partition coefficient (Wildman–Crippen LogP) is 7.42. The van der Waals surface area contributed by atoms with Crippen molar-refractivity contribution in [2.24, 2.45) is 5.92 Å². The zero-order valence-corrected chi connectivity index (χ0v) is 27.1. The van der Waals surface area contributed by atoms with Crippen molar-refractivity contribution in [3.05, 3.63) is 88.2 Å². The molecule has 0 atom stereocenters. The van der Waals surface area contributed by atoms with Gasteiger partial charge in [0.05, 0.1) is 5.69 Å². The minimum absolute atomic E-state index is 0.115. The average Bonchev–Trinajstić information content (AvgIpc) is 3.01. The maximum absolute atomic E-state index is 15.0. The molecule has 2 aromatic heterocycles. The number of aromatic nitrogens is 3. The van der Waals surface area contributed by atoms with Crippen LogP contribution in [0, 0.1) is 24.5 Å². The average molecular weight is 605 g/mol. The van der Waals surface area contributed by atoms with Gasteiger partial charge in [0, 0.05) is 35.8 Å². The summed E-state index contributed by atoms with van der Waals surface area (Å²) in [6, 6.07) is 12.4. The fraction of sp³-hybridized carbons (Fsp3) is 0.400. The van der Waals surface area contributed by atoms with Crippen LogP contribution in [0.25, 0.3) is 33.7 Å². The fourth-order valence-electron chi connectivity index (χ4n) is 4.86. The van der Waals surface area contributed by atoms with Crippen molar-refractivity contribution in [2.45, 2.75) is 54.9 Å². The van der Waals surface area contributed by atoms with Crippen LogP contribution in [0.3, 0.4) is 0 Å². The van der Waals surface area contributed by atoms with Gasteiger partial charge >= 0.3 is 0 Å². The summed E-state index contributed by atoms with van der Waals surface area (Å²) in [6.07, 6.45) is 0.845. The summed E-state index contributed by atoms with van der Waals surface area (Å²) >= 11 is 0. The Morgan fingerprint density at radius 2 is 1.70 bits per heavy atom. The molecule has 2 N–H and O–H groups in total. The van der Waals surface area contributed by atoms with Crippen molar-refractivity contribution in [1.29, 1.82) is 0 Å². The third-order valence-electron chi connectivity index (χ3n) is 7.30. The van der Waals surface area contributed by atoms with Crippen LogP contribution in [0.2, 0.25) is 0 Å². The van der Waals surface area contributed by atoms with Crippen LogP contribution >= 0.6 is 0 Å². The molecule has 0 radical (unpaired) electrons. The van der Waals surface area contributed by atoms with E-state index in [1.165, 1.54) is 12.1 Å². The first-order chi connectivity index (χ1) is 21.1. The van der Waals surface area contributed by atoms with E-state index in [9.17, 15) is 4.79 Å². The molecule has 0 saturated carbocycles. The van der Waals surface area contributed by atoms with Gasteiger partial charge in [0.2, 0.25) is 5.95 Å². The van der Waals surface area contributed by atoms with Crippen LogP contribution in [0.1, 0.15) is 59.1 Å². The Morgan fingerprint density at radius 3 is 2.34 bits per heavy atom. The monoisotopic (exact) mass is 604 g/mol. The molecule has 9 heteroatoms. The summed E-state index contributed by atoms with van der Waals surface area (Å²) < 4.78 is 31.0. The van der Waals surface area contributed by atoms with Crippen molar-refractivity contribution >= 4 is 22.7 Å². The van der Waals surface area contributed by atoms with Crippen LogP contribution < -0.4 is 16.2 Å². The standard InChI is InChI=1S/C33H40F2N6O.C2H6/c1-7-40(8-2)18-10-17-36-33-38-30(26-19-24(14-13-22(26)5)23(6)37-20-21(3)4)25-15-16-29(42)41(32(25)39-33)31-27(34)11-9-12-28(31)35;1-2/h9,11-16,19,21,37H,6-8,10,17-18,20H2,1-5H3,(H,36,38,39);1-2H3. The lowest BCUT2D eigenvalue weighted by atomic mass is 9.98. The summed E-state index contributed by atoms with van der Waals surface area (Å²) in [6.45, 7) is 22.9. The molecule has 2 aromatic carbocycles. The Morgan fingerprint density at radius 1 is 1.02 bits per heavy atom. The second-order valence-electron chi connectivity index (χ2n) is 10.8. The number of anilines is 1. The van der Waals surface area contributed by atoms with Crippen LogP contribution in [-0.4, -0.2) is 52.2 Å². The van der Waals surface area contributed by atoms with Crippen molar-refractivity contribution in [2.75, 3.05) is 38.0 Å². The number of nitrogens with one attached hydrogen (secondary N) is 2. The number of hydrogen-bond acceptors (Lipinski definition) is 6. The molecule has 236 valence electrons. The number of para-hydroxylation sites is 1. The molecule has 0 amide bonds. The molecule has 0 aliphatic rings. The van der Waals surface area contributed by atoms with E-state index in [0.29, 0.717) is 23.5 Å². The second-order valence-corrected chi connectivity index (χ2v) is 10.8. The molecular weight excluding hydrogens is 558 g/mol. The summed E-state index contributed by atoms with van der Waals surface area (Å²) in [5, 5.41) is 7.15. The topological polar surface area (TPSA) is 75.1 Å². The number of fused-ring (bicyclic) bond motifs is 1. The lowest BCUT2D eigenvalue weighted by Crippen LogP contribution is -2.25. The van der Waals surface area contributed by atoms with Crippen molar-refractivity contribution < 1.29 is 8.78 Å². The highest BCUT2D eigenvalue weighted by molar-refractivity contribution is 5.93. The molecule has 4 aromatic rings. The van der Waals surface area contributed by atoms with E-state index >= 15 is 8.78 Å². The van der Waals surface area contributed by atoms with E-state index in [1.54, 1.807) is 6.07 Å². The van der Waals surface area contributed by atoms with E-state index in [4.69, 9.17) is 4.98 Å². The van der Waals surface area contributed by atoms with E-state index in [0.717, 1.165) is 71.7 Å². The van der Waals surface area contributed by atoms with Gasteiger partial charge in [0.15, 0.2) is 5.65 Å². The van der Waals surface area contributed by atoms with Gasteiger partial charge in [0.25, 0.3) is 5.56 Å². The highest BCUT2D eigenvalue weighted by atomic mass is 19.1. The fourth-order valence-corrected chi connectivity index (χ4v) is 4.86. The minimum Gasteiger partial charge on any atom is -0.385 e.